The second kappa shape index (κ2) is 8.06. The fraction of sp³-hybridized carbons (Fsp3) is 0.0455. The number of aromatic nitrogens is 2. The molecule has 2 aromatic heterocycles. The Morgan fingerprint density at radius 3 is 2.64 bits per heavy atom. The van der Waals surface area contributed by atoms with Crippen molar-refractivity contribution in [3.8, 4) is 0 Å². The van der Waals surface area contributed by atoms with E-state index in [0.717, 1.165) is 22.0 Å². The summed E-state index contributed by atoms with van der Waals surface area (Å²) in [6, 6.07) is 20.8. The third-order valence-corrected chi connectivity index (χ3v) is 4.58. The molecule has 0 fully saturated rings. The van der Waals surface area contributed by atoms with Crippen molar-refractivity contribution < 1.29 is 4.79 Å². The molecule has 0 radical (unpaired) electrons. The largest absolute Gasteiger partial charge is 0.366 e. The Hall–Kier alpha value is -3.44. The number of halogens is 1. The Labute approximate surface area is 167 Å². The van der Waals surface area contributed by atoms with Crippen LogP contribution in [-0.2, 0) is 6.54 Å². The number of nitrogens with zero attached hydrogens (tertiary/aromatic N) is 2. The summed E-state index contributed by atoms with van der Waals surface area (Å²) in [5.41, 5.74) is 2.30. The van der Waals surface area contributed by atoms with Crippen molar-refractivity contribution in [3.05, 3.63) is 95.4 Å². The van der Waals surface area contributed by atoms with Gasteiger partial charge in [-0.25, -0.2) is 4.98 Å². The molecule has 4 rings (SSSR count). The molecule has 0 aliphatic rings. The molecule has 1 amide bonds. The molecule has 0 spiro atoms. The number of hydrogen-bond acceptors (Lipinski definition) is 4. The average molecular weight is 389 g/mol. The molecule has 2 heterocycles. The number of pyridine rings is 2. The third-order valence-electron chi connectivity index (χ3n) is 4.29. The van der Waals surface area contributed by atoms with Gasteiger partial charge in [0.15, 0.2) is 0 Å². The molecule has 138 valence electrons. The van der Waals surface area contributed by atoms with Crippen molar-refractivity contribution in [2.24, 2.45) is 0 Å². The highest BCUT2D eigenvalue weighted by Crippen LogP contribution is 2.24. The lowest BCUT2D eigenvalue weighted by Gasteiger charge is -2.10. The zero-order chi connectivity index (χ0) is 19.3. The van der Waals surface area contributed by atoms with Crippen LogP contribution in [0.25, 0.3) is 10.8 Å². The van der Waals surface area contributed by atoms with Crippen LogP contribution in [-0.4, -0.2) is 15.9 Å². The standard InChI is InChI=1S/C22H17ClN4O/c23-21-19-7-2-1-5-17(19)13-20(27-21)25-14-15-4-3-6-18(12-15)26-22(28)16-8-10-24-11-9-16/h1-13H,14H2,(H,25,27)(H,26,28). The molecule has 2 N–H and O–H groups in total. The van der Waals surface area contributed by atoms with Gasteiger partial charge in [0.1, 0.15) is 11.0 Å². The monoisotopic (exact) mass is 388 g/mol. The SMILES string of the molecule is O=C(Nc1cccc(CNc2cc3ccccc3c(Cl)n2)c1)c1ccncc1. The van der Waals surface area contributed by atoms with E-state index in [1.807, 2.05) is 54.6 Å². The molecule has 6 heteroatoms. The van der Waals surface area contributed by atoms with Crippen molar-refractivity contribution >= 4 is 39.8 Å². The van der Waals surface area contributed by atoms with E-state index in [9.17, 15) is 4.79 Å². The Morgan fingerprint density at radius 1 is 0.964 bits per heavy atom. The summed E-state index contributed by atoms with van der Waals surface area (Å²) < 4.78 is 0. The zero-order valence-electron chi connectivity index (χ0n) is 14.9. The Bertz CT molecular complexity index is 1130. The van der Waals surface area contributed by atoms with Crippen molar-refractivity contribution in [1.29, 1.82) is 0 Å². The highest BCUT2D eigenvalue weighted by Gasteiger charge is 2.07. The number of benzene rings is 2. The van der Waals surface area contributed by atoms with Gasteiger partial charge >= 0.3 is 0 Å². The maximum Gasteiger partial charge on any atom is 0.255 e. The van der Waals surface area contributed by atoms with Gasteiger partial charge in [-0.2, -0.15) is 0 Å². The molecule has 2 aromatic carbocycles. The van der Waals surface area contributed by atoms with Crippen LogP contribution in [0.1, 0.15) is 15.9 Å². The number of hydrogen-bond donors (Lipinski definition) is 2. The Morgan fingerprint density at radius 2 is 1.79 bits per heavy atom. The van der Waals surface area contributed by atoms with Crippen LogP contribution < -0.4 is 10.6 Å². The molecule has 28 heavy (non-hydrogen) atoms. The fourth-order valence-electron chi connectivity index (χ4n) is 2.91. The maximum atomic E-state index is 12.3. The molecule has 0 atom stereocenters. The molecule has 0 saturated carbocycles. The first-order chi connectivity index (χ1) is 13.7. The summed E-state index contributed by atoms with van der Waals surface area (Å²) in [7, 11) is 0. The van der Waals surface area contributed by atoms with E-state index >= 15 is 0 Å². The molecular formula is C22H17ClN4O. The predicted molar refractivity (Wildman–Crippen MR) is 113 cm³/mol. The summed E-state index contributed by atoms with van der Waals surface area (Å²) in [5.74, 6) is 0.533. The summed E-state index contributed by atoms with van der Waals surface area (Å²) in [5, 5.41) is 8.62. The molecule has 0 aliphatic carbocycles. The van der Waals surface area contributed by atoms with Crippen LogP contribution in [0.3, 0.4) is 0 Å². The minimum atomic E-state index is -0.171. The van der Waals surface area contributed by atoms with E-state index in [1.165, 1.54) is 0 Å². The van der Waals surface area contributed by atoms with E-state index in [0.29, 0.717) is 23.1 Å². The number of fused-ring (bicyclic) bond motifs is 1. The summed E-state index contributed by atoms with van der Waals surface area (Å²) in [6.45, 7) is 0.556. The highest BCUT2D eigenvalue weighted by atomic mass is 35.5. The number of amides is 1. The second-order valence-electron chi connectivity index (χ2n) is 6.26. The fourth-order valence-corrected chi connectivity index (χ4v) is 3.17. The minimum absolute atomic E-state index is 0.171. The number of anilines is 2. The van der Waals surface area contributed by atoms with Crippen LogP contribution in [0.5, 0.6) is 0 Å². The van der Waals surface area contributed by atoms with Crippen molar-refractivity contribution in [2.45, 2.75) is 6.54 Å². The smallest absolute Gasteiger partial charge is 0.255 e. The predicted octanol–water partition coefficient (Wildman–Crippen LogP) is 5.15. The van der Waals surface area contributed by atoms with Crippen molar-refractivity contribution in [1.82, 2.24) is 9.97 Å². The van der Waals surface area contributed by atoms with Crippen LogP contribution >= 0.6 is 11.6 Å². The van der Waals surface area contributed by atoms with E-state index in [-0.39, 0.29) is 5.91 Å². The minimum Gasteiger partial charge on any atom is -0.366 e. The summed E-state index contributed by atoms with van der Waals surface area (Å²) >= 11 is 6.28. The molecular weight excluding hydrogens is 372 g/mol. The van der Waals surface area contributed by atoms with Crippen LogP contribution in [0, 0.1) is 0 Å². The van der Waals surface area contributed by atoms with Gasteiger partial charge < -0.3 is 10.6 Å². The average Bonchev–Trinajstić information content (AvgIpc) is 2.73. The first-order valence-electron chi connectivity index (χ1n) is 8.78. The van der Waals surface area contributed by atoms with Gasteiger partial charge in [0.2, 0.25) is 0 Å². The number of rotatable bonds is 5. The molecule has 4 aromatic rings. The second-order valence-corrected chi connectivity index (χ2v) is 6.62. The number of carbonyl (C=O) groups is 1. The van der Waals surface area contributed by atoms with Gasteiger partial charge in [0.25, 0.3) is 5.91 Å². The van der Waals surface area contributed by atoms with Gasteiger partial charge in [0, 0.05) is 35.6 Å². The van der Waals surface area contributed by atoms with Gasteiger partial charge in [-0.05, 0) is 41.3 Å². The highest BCUT2D eigenvalue weighted by molar-refractivity contribution is 6.34. The summed E-state index contributed by atoms with van der Waals surface area (Å²) in [6.07, 6.45) is 3.19. The Balaban J connectivity index is 1.46. The lowest BCUT2D eigenvalue weighted by molar-refractivity contribution is 0.102. The van der Waals surface area contributed by atoms with Gasteiger partial charge in [-0.15, -0.1) is 0 Å². The van der Waals surface area contributed by atoms with E-state index in [2.05, 4.69) is 20.6 Å². The lowest BCUT2D eigenvalue weighted by atomic mass is 10.1. The molecule has 0 saturated heterocycles. The van der Waals surface area contributed by atoms with Crippen molar-refractivity contribution in [2.75, 3.05) is 10.6 Å². The quantitative estimate of drug-likeness (QED) is 0.464. The van der Waals surface area contributed by atoms with Crippen molar-refractivity contribution in [3.63, 3.8) is 0 Å². The number of carbonyl (C=O) groups excluding carboxylic acids is 1. The van der Waals surface area contributed by atoms with Crippen LogP contribution in [0.4, 0.5) is 11.5 Å². The van der Waals surface area contributed by atoms with E-state index < -0.39 is 0 Å². The normalized spacial score (nSPS) is 10.6. The topological polar surface area (TPSA) is 66.9 Å². The first kappa shape index (κ1) is 17.9. The molecule has 0 aliphatic heterocycles. The van der Waals surface area contributed by atoms with Gasteiger partial charge in [-0.3, -0.25) is 9.78 Å². The molecule has 5 nitrogen and oxygen atoms in total. The van der Waals surface area contributed by atoms with E-state index in [1.54, 1.807) is 24.5 Å². The van der Waals surface area contributed by atoms with Gasteiger partial charge in [0.05, 0.1) is 0 Å². The lowest BCUT2D eigenvalue weighted by Crippen LogP contribution is -2.12. The van der Waals surface area contributed by atoms with Gasteiger partial charge in [-0.1, -0.05) is 48.0 Å². The molecule has 0 unspecified atom stereocenters. The van der Waals surface area contributed by atoms with E-state index in [4.69, 9.17) is 11.6 Å². The summed E-state index contributed by atoms with van der Waals surface area (Å²) in [4.78, 5) is 20.6. The number of nitrogens with one attached hydrogen (secondary N) is 2. The van der Waals surface area contributed by atoms with Crippen LogP contribution in [0.2, 0.25) is 5.15 Å². The zero-order valence-corrected chi connectivity index (χ0v) is 15.6. The third kappa shape index (κ3) is 4.10. The van der Waals surface area contributed by atoms with Crippen LogP contribution in [0.15, 0.2) is 79.1 Å². The first-order valence-corrected chi connectivity index (χ1v) is 9.16. The maximum absolute atomic E-state index is 12.3. The Kier molecular flexibility index (Phi) is 5.17. The molecule has 0 bridgehead atoms.